The van der Waals surface area contributed by atoms with Crippen LogP contribution in [0.15, 0.2) is 40.1 Å². The second kappa shape index (κ2) is 10.6. The maximum atomic E-state index is 13.8. The first-order valence-corrected chi connectivity index (χ1v) is 11.8. The number of rotatable bonds is 8. The average molecular weight is 447 g/mol. The summed E-state index contributed by atoms with van der Waals surface area (Å²) in [5.41, 5.74) is 9.21. The van der Waals surface area contributed by atoms with Gasteiger partial charge in [-0.15, -0.1) is 0 Å². The molecule has 7 heteroatoms. The molecule has 0 radical (unpaired) electrons. The van der Waals surface area contributed by atoms with E-state index in [0.29, 0.717) is 23.9 Å². The number of carbonyl (C=O) groups is 1. The van der Waals surface area contributed by atoms with Gasteiger partial charge in [0.05, 0.1) is 0 Å². The van der Waals surface area contributed by atoms with Crippen LogP contribution in [0, 0.1) is 11.3 Å². The molecule has 32 heavy (non-hydrogen) atoms. The maximum absolute atomic E-state index is 13.8. The first kappa shape index (κ1) is 24.5. The lowest BCUT2D eigenvalue weighted by molar-refractivity contribution is -0.122. The Morgan fingerprint density at radius 3 is 2.72 bits per heavy atom. The summed E-state index contributed by atoms with van der Waals surface area (Å²) in [5, 5.41) is 11.2. The first-order valence-electron chi connectivity index (χ1n) is 11.8. The number of amidine groups is 1. The van der Waals surface area contributed by atoms with Crippen molar-refractivity contribution < 1.29 is 13.6 Å². The summed E-state index contributed by atoms with van der Waals surface area (Å²) in [6, 6.07) is 0.430. The Bertz CT molecular complexity index is 837. The van der Waals surface area contributed by atoms with Crippen molar-refractivity contribution in [3.8, 4) is 0 Å². The van der Waals surface area contributed by atoms with Crippen LogP contribution in [0.1, 0.15) is 77.6 Å². The fourth-order valence-electron chi connectivity index (χ4n) is 5.20. The van der Waals surface area contributed by atoms with Crippen LogP contribution in [0.2, 0.25) is 0 Å². The fourth-order valence-corrected chi connectivity index (χ4v) is 5.20. The highest BCUT2D eigenvalue weighted by atomic mass is 19.3. The summed E-state index contributed by atoms with van der Waals surface area (Å²) in [6.07, 6.45) is 9.32. The summed E-state index contributed by atoms with van der Waals surface area (Å²) in [6.45, 7) is 6.00. The van der Waals surface area contributed by atoms with Crippen molar-refractivity contribution in [2.45, 2.75) is 95.6 Å². The molecule has 2 saturated carbocycles. The van der Waals surface area contributed by atoms with E-state index < -0.39 is 11.8 Å². The van der Waals surface area contributed by atoms with Gasteiger partial charge in [-0.1, -0.05) is 31.4 Å². The molecule has 3 rings (SSSR count). The molecular weight excluding hydrogens is 410 g/mol. The Kier molecular flexibility index (Phi) is 8.15. The summed E-state index contributed by atoms with van der Waals surface area (Å²) >= 11 is 0. The zero-order chi connectivity index (χ0) is 23.3. The van der Waals surface area contributed by atoms with Gasteiger partial charge in [0.1, 0.15) is 11.6 Å². The zero-order valence-electron chi connectivity index (χ0n) is 19.1. The Labute approximate surface area is 189 Å². The van der Waals surface area contributed by atoms with Gasteiger partial charge >= 0.3 is 0 Å². The van der Waals surface area contributed by atoms with Gasteiger partial charge in [-0.05, 0) is 45.1 Å². The summed E-state index contributed by atoms with van der Waals surface area (Å²) in [7, 11) is 0. The highest BCUT2D eigenvalue weighted by Crippen LogP contribution is 2.38. The van der Waals surface area contributed by atoms with Crippen molar-refractivity contribution in [2.24, 2.45) is 16.6 Å². The quantitative estimate of drug-likeness (QED) is 0.271. The zero-order valence-corrected chi connectivity index (χ0v) is 19.1. The summed E-state index contributed by atoms with van der Waals surface area (Å²) in [4.78, 5) is 17.5. The summed E-state index contributed by atoms with van der Waals surface area (Å²) < 4.78 is 27.5. The monoisotopic (exact) mass is 446 g/mol. The third kappa shape index (κ3) is 6.00. The number of hydrogen-bond donors (Lipinski definition) is 3. The van der Waals surface area contributed by atoms with Crippen molar-refractivity contribution in [1.82, 2.24) is 5.32 Å². The fraction of sp³-hybridized carbons (Fsp3) is 0.640. The highest BCUT2D eigenvalue weighted by molar-refractivity contribution is 6.07. The van der Waals surface area contributed by atoms with Gasteiger partial charge in [-0.25, -0.2) is 13.8 Å². The molecule has 1 aliphatic heterocycles. The van der Waals surface area contributed by atoms with Gasteiger partial charge in [0.15, 0.2) is 0 Å². The molecule has 0 aromatic carbocycles. The standard InChI is InChI=1S/C25H36F2N4O/c1-16-10-13-25(26,27)14-11-19(16)22(32)9-8-21-23(20(12-15-28)24(29)31-21)17(2)30-18-6-4-3-5-7-18/h12,15,17-19,28,30H,1,3-11,13-14H2,2H3,(H2,29,31). The van der Waals surface area contributed by atoms with Crippen LogP contribution in [-0.2, 0) is 4.79 Å². The number of aliphatic imine (C=N–C) groups is 1. The van der Waals surface area contributed by atoms with Gasteiger partial charge in [-0.2, -0.15) is 0 Å². The van der Waals surface area contributed by atoms with Gasteiger partial charge < -0.3 is 16.5 Å². The Morgan fingerprint density at radius 2 is 2.03 bits per heavy atom. The lowest BCUT2D eigenvalue weighted by Crippen LogP contribution is -2.39. The molecule has 0 aromatic rings. The SMILES string of the molecule is C=C1CCC(F)(F)CCC1C(=O)CCC1=C(C(C)NC2CCCCC2)C(=CC=N)C(N)=N1. The van der Waals surface area contributed by atoms with Crippen molar-refractivity contribution in [3.05, 3.63) is 35.1 Å². The molecule has 0 saturated heterocycles. The Balaban J connectivity index is 1.73. The van der Waals surface area contributed by atoms with Crippen LogP contribution >= 0.6 is 0 Å². The van der Waals surface area contributed by atoms with Crippen molar-refractivity contribution >= 4 is 17.8 Å². The third-order valence-electron chi connectivity index (χ3n) is 7.01. The average Bonchev–Trinajstić information content (AvgIpc) is 2.99. The number of hydrogen-bond acceptors (Lipinski definition) is 5. The van der Waals surface area contributed by atoms with Gasteiger partial charge in [0, 0.05) is 60.3 Å². The molecular formula is C25H36F2N4O. The maximum Gasteiger partial charge on any atom is 0.248 e. The minimum absolute atomic E-state index is 0.00857. The van der Waals surface area contributed by atoms with Gasteiger partial charge in [0.2, 0.25) is 5.92 Å². The minimum Gasteiger partial charge on any atom is -0.383 e. The van der Waals surface area contributed by atoms with Gasteiger partial charge in [0.25, 0.3) is 0 Å². The number of ketones is 1. The van der Waals surface area contributed by atoms with Crippen molar-refractivity contribution in [1.29, 1.82) is 5.41 Å². The van der Waals surface area contributed by atoms with E-state index in [1.54, 1.807) is 6.08 Å². The molecule has 5 nitrogen and oxygen atoms in total. The third-order valence-corrected chi connectivity index (χ3v) is 7.01. The molecule has 0 spiro atoms. The molecule has 0 aromatic heterocycles. The van der Waals surface area contributed by atoms with E-state index in [9.17, 15) is 13.6 Å². The van der Waals surface area contributed by atoms with Crippen molar-refractivity contribution in [3.63, 3.8) is 0 Å². The predicted octanol–water partition coefficient (Wildman–Crippen LogP) is 5.23. The van der Waals surface area contributed by atoms with E-state index in [1.165, 1.54) is 25.5 Å². The highest BCUT2D eigenvalue weighted by Gasteiger charge is 2.36. The number of halogens is 2. The molecule has 2 unspecified atom stereocenters. The number of alkyl halides is 2. The van der Waals surface area contributed by atoms with Crippen LogP contribution in [0.4, 0.5) is 8.78 Å². The lowest BCUT2D eigenvalue weighted by atomic mass is 9.88. The topological polar surface area (TPSA) is 91.3 Å². The molecule has 4 N–H and O–H groups in total. The Hall–Kier alpha value is -2.15. The molecule has 3 aliphatic rings. The van der Waals surface area contributed by atoms with Crippen LogP contribution in [0.25, 0.3) is 0 Å². The normalized spacial score (nSPS) is 26.7. The smallest absolute Gasteiger partial charge is 0.248 e. The van der Waals surface area contributed by atoms with E-state index in [0.717, 1.165) is 29.7 Å². The molecule has 2 atom stereocenters. The molecule has 0 amide bonds. The number of carbonyl (C=O) groups excluding carboxylic acids is 1. The molecule has 0 bridgehead atoms. The number of allylic oxidation sites excluding steroid dienone is 3. The number of nitrogens with two attached hydrogens (primary N) is 1. The largest absolute Gasteiger partial charge is 0.383 e. The second-order valence-corrected chi connectivity index (χ2v) is 9.40. The van der Waals surface area contributed by atoms with Crippen LogP contribution < -0.4 is 11.1 Å². The number of nitrogens with one attached hydrogen (secondary N) is 2. The lowest BCUT2D eigenvalue weighted by Gasteiger charge is -2.28. The van der Waals surface area contributed by atoms with E-state index in [4.69, 9.17) is 11.1 Å². The van der Waals surface area contributed by atoms with Gasteiger partial charge in [-0.3, -0.25) is 4.79 Å². The van der Waals surface area contributed by atoms with Crippen LogP contribution in [-0.4, -0.2) is 35.8 Å². The Morgan fingerprint density at radius 1 is 1.31 bits per heavy atom. The number of Topliss-reactive ketones (excluding diaryl/α,β-unsaturated/α-hetero) is 1. The minimum atomic E-state index is -2.72. The predicted molar refractivity (Wildman–Crippen MR) is 125 cm³/mol. The number of nitrogens with zero attached hydrogens (tertiary/aromatic N) is 1. The molecule has 176 valence electrons. The van der Waals surface area contributed by atoms with Crippen molar-refractivity contribution in [2.75, 3.05) is 0 Å². The molecule has 2 fully saturated rings. The van der Waals surface area contributed by atoms with E-state index in [-0.39, 0.29) is 43.9 Å². The molecule has 2 aliphatic carbocycles. The van der Waals surface area contributed by atoms with E-state index in [1.807, 2.05) is 0 Å². The van der Waals surface area contributed by atoms with Crippen LogP contribution in [0.3, 0.4) is 0 Å². The van der Waals surface area contributed by atoms with E-state index >= 15 is 0 Å². The van der Waals surface area contributed by atoms with E-state index in [2.05, 4.69) is 23.8 Å². The first-order chi connectivity index (χ1) is 15.2. The molecule has 1 heterocycles. The van der Waals surface area contributed by atoms with Crippen LogP contribution in [0.5, 0.6) is 0 Å². The second-order valence-electron chi connectivity index (χ2n) is 9.40. The summed E-state index contributed by atoms with van der Waals surface area (Å²) in [5.74, 6) is -2.91.